The van der Waals surface area contributed by atoms with Crippen molar-refractivity contribution >= 4 is 5.82 Å². The van der Waals surface area contributed by atoms with Crippen LogP contribution in [-0.2, 0) is 5.54 Å². The standard InChI is InChI=1S/C13H19N3/c14-13(6-3-7-13)11-4-5-12(15-10-11)16-8-1-2-9-16/h4-5,10H,1-3,6-9,14H2. The average molecular weight is 217 g/mol. The highest BCUT2D eigenvalue weighted by molar-refractivity contribution is 5.41. The number of anilines is 1. The van der Waals surface area contributed by atoms with Gasteiger partial charge in [-0.2, -0.15) is 0 Å². The second-order valence-corrected chi connectivity index (χ2v) is 5.11. The third-order valence-electron chi connectivity index (χ3n) is 4.00. The van der Waals surface area contributed by atoms with E-state index in [-0.39, 0.29) is 5.54 Å². The van der Waals surface area contributed by atoms with Gasteiger partial charge in [-0.05, 0) is 43.7 Å². The minimum absolute atomic E-state index is 0.0729. The van der Waals surface area contributed by atoms with Crippen molar-refractivity contribution in [1.29, 1.82) is 0 Å². The largest absolute Gasteiger partial charge is 0.357 e. The van der Waals surface area contributed by atoms with Gasteiger partial charge in [0.2, 0.25) is 0 Å². The molecule has 0 aromatic carbocycles. The molecule has 2 heterocycles. The van der Waals surface area contributed by atoms with Gasteiger partial charge in [0.05, 0.1) is 0 Å². The third kappa shape index (κ3) is 1.59. The Bertz CT molecular complexity index is 361. The average Bonchev–Trinajstić information content (AvgIpc) is 2.80. The maximum atomic E-state index is 6.27. The van der Waals surface area contributed by atoms with Crippen LogP contribution in [0.25, 0.3) is 0 Å². The van der Waals surface area contributed by atoms with E-state index in [0.29, 0.717) is 0 Å². The SMILES string of the molecule is NC1(c2ccc(N3CCCC3)nc2)CCC1. The summed E-state index contributed by atoms with van der Waals surface area (Å²) in [6.45, 7) is 2.31. The minimum Gasteiger partial charge on any atom is -0.357 e. The second-order valence-electron chi connectivity index (χ2n) is 5.11. The second kappa shape index (κ2) is 3.74. The van der Waals surface area contributed by atoms with Crippen LogP contribution in [-0.4, -0.2) is 18.1 Å². The first-order valence-corrected chi connectivity index (χ1v) is 6.28. The molecule has 1 aromatic heterocycles. The molecule has 0 atom stereocenters. The molecule has 2 aliphatic rings. The van der Waals surface area contributed by atoms with Crippen molar-refractivity contribution in [3.63, 3.8) is 0 Å². The molecule has 1 saturated carbocycles. The molecule has 86 valence electrons. The van der Waals surface area contributed by atoms with E-state index in [2.05, 4.69) is 22.0 Å². The maximum Gasteiger partial charge on any atom is 0.128 e. The van der Waals surface area contributed by atoms with E-state index >= 15 is 0 Å². The Morgan fingerprint density at radius 2 is 1.88 bits per heavy atom. The molecule has 16 heavy (non-hydrogen) atoms. The van der Waals surface area contributed by atoms with Gasteiger partial charge in [0.1, 0.15) is 5.82 Å². The Hall–Kier alpha value is -1.09. The molecule has 0 unspecified atom stereocenters. The van der Waals surface area contributed by atoms with E-state index in [9.17, 15) is 0 Å². The zero-order chi connectivity index (χ0) is 11.0. The Balaban J connectivity index is 1.79. The number of aromatic nitrogens is 1. The summed E-state index contributed by atoms with van der Waals surface area (Å²) in [5, 5.41) is 0. The van der Waals surface area contributed by atoms with Gasteiger partial charge in [0.15, 0.2) is 0 Å². The summed E-state index contributed by atoms with van der Waals surface area (Å²) in [6.07, 6.45) is 8.04. The summed E-state index contributed by atoms with van der Waals surface area (Å²) in [7, 11) is 0. The fourth-order valence-electron chi connectivity index (χ4n) is 2.66. The molecule has 2 fully saturated rings. The van der Waals surface area contributed by atoms with Crippen molar-refractivity contribution in [3.8, 4) is 0 Å². The first kappa shape index (κ1) is 10.1. The Morgan fingerprint density at radius 3 is 2.38 bits per heavy atom. The first-order chi connectivity index (χ1) is 7.78. The molecular formula is C13H19N3. The maximum absolute atomic E-state index is 6.27. The highest BCUT2D eigenvalue weighted by atomic mass is 15.2. The van der Waals surface area contributed by atoms with Crippen LogP contribution in [0.5, 0.6) is 0 Å². The zero-order valence-electron chi connectivity index (χ0n) is 9.65. The van der Waals surface area contributed by atoms with Crippen LogP contribution < -0.4 is 10.6 Å². The highest BCUT2D eigenvalue weighted by Gasteiger charge is 2.34. The number of rotatable bonds is 2. The van der Waals surface area contributed by atoms with Crippen molar-refractivity contribution in [1.82, 2.24) is 4.98 Å². The lowest BCUT2D eigenvalue weighted by Gasteiger charge is -2.38. The smallest absolute Gasteiger partial charge is 0.128 e. The minimum atomic E-state index is -0.0729. The summed E-state index contributed by atoms with van der Waals surface area (Å²) < 4.78 is 0. The molecule has 3 nitrogen and oxygen atoms in total. The molecule has 1 aliphatic carbocycles. The van der Waals surface area contributed by atoms with Gasteiger partial charge in [0.25, 0.3) is 0 Å². The molecule has 3 rings (SSSR count). The van der Waals surface area contributed by atoms with Crippen LogP contribution >= 0.6 is 0 Å². The van der Waals surface area contributed by atoms with Crippen molar-refractivity contribution in [2.45, 2.75) is 37.6 Å². The third-order valence-corrected chi connectivity index (χ3v) is 4.00. The van der Waals surface area contributed by atoms with Gasteiger partial charge in [-0.1, -0.05) is 6.07 Å². The number of nitrogens with two attached hydrogens (primary N) is 1. The van der Waals surface area contributed by atoms with Crippen LogP contribution in [0.2, 0.25) is 0 Å². The molecule has 3 heteroatoms. The van der Waals surface area contributed by atoms with Crippen LogP contribution in [0, 0.1) is 0 Å². The van der Waals surface area contributed by atoms with E-state index in [1.165, 1.54) is 24.8 Å². The number of hydrogen-bond acceptors (Lipinski definition) is 3. The van der Waals surface area contributed by atoms with Crippen molar-refractivity contribution in [3.05, 3.63) is 23.9 Å². The van der Waals surface area contributed by atoms with Crippen LogP contribution in [0.15, 0.2) is 18.3 Å². The normalized spacial score (nSPS) is 23.2. The topological polar surface area (TPSA) is 42.1 Å². The molecule has 0 amide bonds. The van der Waals surface area contributed by atoms with Gasteiger partial charge in [-0.3, -0.25) is 0 Å². The van der Waals surface area contributed by atoms with Gasteiger partial charge < -0.3 is 10.6 Å². The number of pyridine rings is 1. The predicted molar refractivity (Wildman–Crippen MR) is 65.4 cm³/mol. The summed E-state index contributed by atoms with van der Waals surface area (Å²) >= 11 is 0. The van der Waals surface area contributed by atoms with Gasteiger partial charge in [0, 0.05) is 24.8 Å². The molecule has 2 N–H and O–H groups in total. The Kier molecular flexibility index (Phi) is 2.36. The van der Waals surface area contributed by atoms with Crippen LogP contribution in [0.3, 0.4) is 0 Å². The molecule has 1 aliphatic heterocycles. The summed E-state index contributed by atoms with van der Waals surface area (Å²) in [4.78, 5) is 6.91. The van der Waals surface area contributed by atoms with Crippen molar-refractivity contribution in [2.75, 3.05) is 18.0 Å². The van der Waals surface area contributed by atoms with E-state index in [1.54, 1.807) is 0 Å². The summed E-state index contributed by atoms with van der Waals surface area (Å²) in [6, 6.07) is 4.30. The van der Waals surface area contributed by atoms with E-state index in [1.807, 2.05) is 6.20 Å². The van der Waals surface area contributed by atoms with Gasteiger partial charge >= 0.3 is 0 Å². The molecule has 1 aromatic rings. The fraction of sp³-hybridized carbons (Fsp3) is 0.615. The van der Waals surface area contributed by atoms with Crippen LogP contribution in [0.1, 0.15) is 37.7 Å². The molecule has 0 bridgehead atoms. The first-order valence-electron chi connectivity index (χ1n) is 6.28. The lowest BCUT2D eigenvalue weighted by molar-refractivity contribution is 0.253. The zero-order valence-corrected chi connectivity index (χ0v) is 9.65. The summed E-state index contributed by atoms with van der Waals surface area (Å²) in [5.74, 6) is 1.11. The van der Waals surface area contributed by atoms with Crippen LogP contribution in [0.4, 0.5) is 5.82 Å². The van der Waals surface area contributed by atoms with E-state index in [4.69, 9.17) is 5.73 Å². The van der Waals surface area contributed by atoms with Crippen molar-refractivity contribution in [2.24, 2.45) is 5.73 Å². The fourth-order valence-corrected chi connectivity index (χ4v) is 2.66. The van der Waals surface area contributed by atoms with Gasteiger partial charge in [-0.15, -0.1) is 0 Å². The number of nitrogens with zero attached hydrogens (tertiary/aromatic N) is 2. The summed E-state index contributed by atoms with van der Waals surface area (Å²) in [5.41, 5.74) is 7.41. The molecule has 0 spiro atoms. The van der Waals surface area contributed by atoms with Gasteiger partial charge in [-0.25, -0.2) is 4.98 Å². The number of hydrogen-bond donors (Lipinski definition) is 1. The monoisotopic (exact) mass is 217 g/mol. The van der Waals surface area contributed by atoms with Crippen molar-refractivity contribution < 1.29 is 0 Å². The van der Waals surface area contributed by atoms with E-state index in [0.717, 1.165) is 31.7 Å². The van der Waals surface area contributed by atoms with E-state index < -0.39 is 0 Å². The lowest BCUT2D eigenvalue weighted by atomic mass is 9.73. The molecule has 0 radical (unpaired) electrons. The Labute approximate surface area is 96.7 Å². The lowest BCUT2D eigenvalue weighted by Crippen LogP contribution is -2.43. The molecule has 1 saturated heterocycles. The predicted octanol–water partition coefficient (Wildman–Crippen LogP) is 2.02. The Morgan fingerprint density at radius 1 is 1.12 bits per heavy atom. The highest BCUT2D eigenvalue weighted by Crippen LogP contribution is 2.38. The quantitative estimate of drug-likeness (QED) is 0.824. The molecular weight excluding hydrogens is 198 g/mol.